The number of aryl methyl sites for hydroxylation is 4. The van der Waals surface area contributed by atoms with Crippen molar-refractivity contribution < 1.29 is 27.1 Å². The van der Waals surface area contributed by atoms with Crippen LogP contribution in [0.25, 0.3) is 0 Å². The van der Waals surface area contributed by atoms with E-state index in [1.54, 1.807) is 0 Å². The van der Waals surface area contributed by atoms with Crippen molar-refractivity contribution in [2.24, 2.45) is 0 Å². The largest absolute Gasteiger partial charge is 0.530 e. The average molecular weight is 733 g/mol. The van der Waals surface area contributed by atoms with Crippen LogP contribution in [0.2, 0.25) is 13.1 Å². The fourth-order valence-electron chi connectivity index (χ4n) is 5.50. The molecule has 0 aromatic heterocycles. The van der Waals surface area contributed by atoms with Crippen LogP contribution in [0.5, 0.6) is 34.5 Å². The molecule has 0 N–H and O–H groups in total. The molecule has 0 spiro atoms. The summed E-state index contributed by atoms with van der Waals surface area (Å²) in [6.45, 7) is 12.6. The van der Waals surface area contributed by atoms with Gasteiger partial charge >= 0.3 is 17.2 Å². The van der Waals surface area contributed by atoms with Crippen LogP contribution in [0, 0.1) is 27.7 Å². The second-order valence-corrected chi connectivity index (χ2v) is 19.0. The van der Waals surface area contributed by atoms with Gasteiger partial charge in [0, 0.05) is 0 Å². The summed E-state index contributed by atoms with van der Waals surface area (Å²) in [6, 6.07) is 47.8. The van der Waals surface area contributed by atoms with E-state index in [1.807, 2.05) is 161 Å². The lowest BCUT2D eigenvalue weighted by Crippen LogP contribution is -2.53. The molecule has 0 amide bonds. The van der Waals surface area contributed by atoms with Gasteiger partial charge in [-0.05, 0) is 96.7 Å². The summed E-state index contributed by atoms with van der Waals surface area (Å²) in [5, 5.41) is 2.14. The van der Waals surface area contributed by atoms with Crippen LogP contribution >= 0.6 is 17.2 Å². The average Bonchev–Trinajstić information content (AvgIpc) is 3.12. The Bertz CT molecular complexity index is 1850. The Hall–Kier alpha value is -4.80. The number of benzene rings is 6. The molecule has 6 aromatic carbocycles. The summed E-state index contributed by atoms with van der Waals surface area (Å²) in [7, 11) is -6.31. The van der Waals surface area contributed by atoms with E-state index in [9.17, 15) is 0 Å². The standard InChI is InChI=1S/C42H42O6P2Si/c1-31-19-7-11-23-35(31)43-49(44-36-24-12-8-20-32(36)2)47-39-27-15-17-29-41(39)51(5,6)42-30-18-16-28-40(42)48-50(45-37-25-13-9-21-33(37)3)46-38-26-14-10-22-34(38)4/h7-30H,1-6H3. The first kappa shape index (κ1) is 36.0. The highest BCUT2D eigenvalue weighted by molar-refractivity contribution is 7.43. The summed E-state index contributed by atoms with van der Waals surface area (Å²) in [5.74, 6) is 4.24. The van der Waals surface area contributed by atoms with Crippen molar-refractivity contribution >= 4 is 35.7 Å². The van der Waals surface area contributed by atoms with Crippen LogP contribution in [-0.2, 0) is 0 Å². The molecule has 0 aliphatic rings. The van der Waals surface area contributed by atoms with Crippen molar-refractivity contribution in [1.29, 1.82) is 0 Å². The van der Waals surface area contributed by atoms with Crippen molar-refractivity contribution in [3.05, 3.63) is 168 Å². The van der Waals surface area contributed by atoms with Gasteiger partial charge in [-0.2, -0.15) is 0 Å². The lowest BCUT2D eigenvalue weighted by molar-refractivity contribution is 0.386. The predicted molar refractivity (Wildman–Crippen MR) is 212 cm³/mol. The maximum absolute atomic E-state index is 6.75. The van der Waals surface area contributed by atoms with Crippen LogP contribution < -0.4 is 37.5 Å². The summed E-state index contributed by atoms with van der Waals surface area (Å²) in [4.78, 5) is 0. The number of hydrogen-bond acceptors (Lipinski definition) is 6. The van der Waals surface area contributed by atoms with Gasteiger partial charge in [0.1, 0.15) is 42.6 Å². The van der Waals surface area contributed by atoms with E-state index in [4.69, 9.17) is 27.1 Å². The van der Waals surface area contributed by atoms with E-state index in [0.717, 1.165) is 32.6 Å². The molecule has 0 heterocycles. The third-order valence-electron chi connectivity index (χ3n) is 8.53. The first-order chi connectivity index (χ1) is 24.7. The topological polar surface area (TPSA) is 55.4 Å². The van der Waals surface area contributed by atoms with E-state index in [-0.39, 0.29) is 0 Å². The van der Waals surface area contributed by atoms with E-state index in [2.05, 4.69) is 25.2 Å². The zero-order valence-corrected chi connectivity index (χ0v) is 32.5. The van der Waals surface area contributed by atoms with Crippen LogP contribution in [-0.4, -0.2) is 8.07 Å². The van der Waals surface area contributed by atoms with Gasteiger partial charge in [-0.15, -0.1) is 0 Å². The Morgan fingerprint density at radius 2 is 0.529 bits per heavy atom. The third-order valence-corrected chi connectivity index (χ3v) is 14.1. The number of rotatable bonds is 14. The molecule has 0 aliphatic heterocycles. The van der Waals surface area contributed by atoms with Crippen molar-refractivity contribution in [2.45, 2.75) is 40.8 Å². The molecule has 0 bridgehead atoms. The molecule has 0 atom stereocenters. The number of para-hydroxylation sites is 6. The molecule has 6 nitrogen and oxygen atoms in total. The first-order valence-corrected chi connectivity index (χ1v) is 22.0. The SMILES string of the molecule is Cc1ccccc1OP(Oc1ccccc1C)Oc1ccccc1[Si](C)(C)c1ccccc1OP(Oc1ccccc1C)Oc1ccccc1C. The molecule has 260 valence electrons. The van der Waals surface area contributed by atoms with Crippen LogP contribution in [0.4, 0.5) is 0 Å². The Morgan fingerprint density at radius 3 is 0.804 bits per heavy atom. The van der Waals surface area contributed by atoms with Crippen LogP contribution in [0.1, 0.15) is 22.3 Å². The van der Waals surface area contributed by atoms with E-state index in [0.29, 0.717) is 34.5 Å². The molecule has 9 heteroatoms. The minimum atomic E-state index is -2.54. The Morgan fingerprint density at radius 1 is 0.314 bits per heavy atom. The van der Waals surface area contributed by atoms with Gasteiger partial charge < -0.3 is 27.1 Å². The minimum Gasteiger partial charge on any atom is -0.409 e. The van der Waals surface area contributed by atoms with Crippen molar-refractivity contribution in [3.8, 4) is 34.5 Å². The second kappa shape index (κ2) is 16.5. The maximum atomic E-state index is 6.75. The lowest BCUT2D eigenvalue weighted by Gasteiger charge is -2.29. The predicted octanol–water partition coefficient (Wildman–Crippen LogP) is 11.3. The zero-order valence-electron chi connectivity index (χ0n) is 29.7. The quantitative estimate of drug-likeness (QED) is 0.0821. The van der Waals surface area contributed by atoms with E-state index < -0.39 is 25.3 Å². The summed E-state index contributed by atoms with van der Waals surface area (Å²) in [6.07, 6.45) is 0. The monoisotopic (exact) mass is 732 g/mol. The number of hydrogen-bond donors (Lipinski definition) is 0. The Kier molecular flexibility index (Phi) is 11.6. The molecule has 0 aliphatic carbocycles. The summed E-state index contributed by atoms with van der Waals surface area (Å²) in [5.41, 5.74) is 3.98. The molecule has 0 radical (unpaired) electrons. The van der Waals surface area contributed by atoms with Crippen LogP contribution in [0.3, 0.4) is 0 Å². The van der Waals surface area contributed by atoms with Gasteiger partial charge in [-0.1, -0.05) is 122 Å². The Labute approximate surface area is 304 Å². The van der Waals surface area contributed by atoms with Gasteiger partial charge in [0.15, 0.2) is 0 Å². The third kappa shape index (κ3) is 8.93. The second-order valence-electron chi connectivity index (χ2n) is 12.7. The molecule has 0 unspecified atom stereocenters. The summed E-state index contributed by atoms with van der Waals surface area (Å²) < 4.78 is 39.4. The molecule has 6 rings (SSSR count). The molecule has 6 aromatic rings. The first-order valence-electron chi connectivity index (χ1n) is 16.8. The molecular formula is C42H42O6P2Si. The summed E-state index contributed by atoms with van der Waals surface area (Å²) >= 11 is 0. The highest BCUT2D eigenvalue weighted by Crippen LogP contribution is 2.45. The van der Waals surface area contributed by atoms with Crippen molar-refractivity contribution in [3.63, 3.8) is 0 Å². The smallest absolute Gasteiger partial charge is 0.409 e. The highest BCUT2D eigenvalue weighted by atomic mass is 31.2. The van der Waals surface area contributed by atoms with E-state index in [1.165, 1.54) is 0 Å². The molecule has 0 saturated heterocycles. The fraction of sp³-hybridized carbons (Fsp3) is 0.143. The lowest BCUT2D eigenvalue weighted by atomic mass is 10.2. The molecule has 0 saturated carbocycles. The molecular weight excluding hydrogens is 690 g/mol. The normalized spacial score (nSPS) is 11.3. The van der Waals surface area contributed by atoms with Gasteiger partial charge in [0.25, 0.3) is 0 Å². The Balaban J connectivity index is 1.34. The van der Waals surface area contributed by atoms with E-state index >= 15 is 0 Å². The van der Waals surface area contributed by atoms with Gasteiger partial charge in [-0.3, -0.25) is 0 Å². The fourth-order valence-corrected chi connectivity index (χ4v) is 10.8. The zero-order chi connectivity index (χ0) is 35.8. The molecule has 0 fully saturated rings. The van der Waals surface area contributed by atoms with Crippen LogP contribution in [0.15, 0.2) is 146 Å². The maximum Gasteiger partial charge on any atom is 0.530 e. The minimum absolute atomic E-state index is 0.701. The highest BCUT2D eigenvalue weighted by Gasteiger charge is 2.35. The van der Waals surface area contributed by atoms with Gasteiger partial charge in [0.05, 0.1) is 0 Å². The van der Waals surface area contributed by atoms with Crippen molar-refractivity contribution in [1.82, 2.24) is 0 Å². The van der Waals surface area contributed by atoms with Gasteiger partial charge in [-0.25, -0.2) is 0 Å². The molecule has 51 heavy (non-hydrogen) atoms. The van der Waals surface area contributed by atoms with Crippen molar-refractivity contribution in [2.75, 3.05) is 0 Å². The van der Waals surface area contributed by atoms with Gasteiger partial charge in [0.2, 0.25) is 0 Å².